The molecule has 2 aliphatic rings. The highest BCUT2D eigenvalue weighted by molar-refractivity contribution is 6.24. The van der Waals surface area contributed by atoms with Gasteiger partial charge in [-0.15, -0.1) is 0 Å². The van der Waals surface area contributed by atoms with Crippen molar-refractivity contribution < 1.29 is 0 Å². The summed E-state index contributed by atoms with van der Waals surface area (Å²) < 4.78 is 0. The molecule has 0 atom stereocenters. The van der Waals surface area contributed by atoms with Gasteiger partial charge in [-0.05, 0) is 83.9 Å². The highest BCUT2D eigenvalue weighted by atomic mass is 14.8. The third-order valence-electron chi connectivity index (χ3n) is 7.25. The molecule has 4 aromatic heterocycles. The molecule has 40 heavy (non-hydrogen) atoms. The lowest BCUT2D eigenvalue weighted by Gasteiger charge is -2.06. The summed E-state index contributed by atoms with van der Waals surface area (Å²) in [4.78, 5) is 28.2. The third-order valence-corrected chi connectivity index (χ3v) is 7.25. The van der Waals surface area contributed by atoms with Crippen molar-refractivity contribution in [3.05, 3.63) is 144 Å². The van der Waals surface area contributed by atoms with Crippen molar-refractivity contribution in [3.8, 4) is 33.9 Å². The summed E-state index contributed by atoms with van der Waals surface area (Å²) in [5.41, 5.74) is 13.4. The zero-order valence-corrected chi connectivity index (χ0v) is 21.2. The van der Waals surface area contributed by atoms with Gasteiger partial charge in [0.2, 0.25) is 0 Å². The maximum Gasteiger partial charge on any atom is 0.0987 e. The standard InChI is InChI=1S/C34H20N6/c1-5-25-29(26-6-2-18-36-32(26)31(25)35-17-1)39-23-13-9-21(10-14-23)22-11-15-24(16-12-22)40-30-27-7-3-19-37-33(27)34-28(30)8-4-20-38-34/h1-20H. The van der Waals surface area contributed by atoms with E-state index in [1.807, 2.05) is 48.5 Å². The molecule has 0 fully saturated rings. The summed E-state index contributed by atoms with van der Waals surface area (Å²) in [7, 11) is 0. The number of hydrogen-bond acceptors (Lipinski definition) is 6. The Hall–Kier alpha value is -5.62. The van der Waals surface area contributed by atoms with Crippen LogP contribution in [0.1, 0.15) is 22.3 Å². The highest BCUT2D eigenvalue weighted by Crippen LogP contribution is 2.36. The average molecular weight is 513 g/mol. The van der Waals surface area contributed by atoms with E-state index in [0.29, 0.717) is 0 Å². The van der Waals surface area contributed by atoms with Crippen LogP contribution in [-0.2, 0) is 0 Å². The molecule has 6 aromatic rings. The van der Waals surface area contributed by atoms with Crippen LogP contribution < -0.4 is 0 Å². The molecule has 8 rings (SSSR count). The van der Waals surface area contributed by atoms with Crippen LogP contribution in [-0.4, -0.2) is 31.4 Å². The Labute approximate surface area is 230 Å². The van der Waals surface area contributed by atoms with E-state index < -0.39 is 0 Å². The monoisotopic (exact) mass is 512 g/mol. The van der Waals surface area contributed by atoms with Crippen molar-refractivity contribution in [2.45, 2.75) is 0 Å². The van der Waals surface area contributed by atoms with E-state index in [4.69, 9.17) is 9.98 Å². The largest absolute Gasteiger partial charge is 0.254 e. The second-order valence-corrected chi connectivity index (χ2v) is 9.61. The van der Waals surface area contributed by atoms with Gasteiger partial charge in [0.05, 0.1) is 45.6 Å². The normalized spacial score (nSPS) is 12.4. The summed E-state index contributed by atoms with van der Waals surface area (Å²) in [6, 6.07) is 32.6. The fourth-order valence-electron chi connectivity index (χ4n) is 5.39. The molecule has 6 nitrogen and oxygen atoms in total. The van der Waals surface area contributed by atoms with Crippen LogP contribution in [0.2, 0.25) is 0 Å². The van der Waals surface area contributed by atoms with E-state index in [2.05, 4.69) is 68.5 Å². The second-order valence-electron chi connectivity index (χ2n) is 9.61. The smallest absolute Gasteiger partial charge is 0.0987 e. The van der Waals surface area contributed by atoms with E-state index in [1.165, 1.54) is 0 Å². The van der Waals surface area contributed by atoms with Gasteiger partial charge in [-0.2, -0.15) is 0 Å². The van der Waals surface area contributed by atoms with Crippen LogP contribution in [0.3, 0.4) is 0 Å². The first-order valence-electron chi connectivity index (χ1n) is 13.0. The zero-order valence-electron chi connectivity index (χ0n) is 21.2. The highest BCUT2D eigenvalue weighted by Gasteiger charge is 2.28. The van der Waals surface area contributed by atoms with Crippen LogP contribution in [0.5, 0.6) is 0 Å². The number of aliphatic imine (C=N–C) groups is 2. The molecule has 0 saturated carbocycles. The maximum absolute atomic E-state index is 4.99. The molecule has 4 heterocycles. The fraction of sp³-hybridized carbons (Fsp3) is 0. The SMILES string of the molecule is c1cnc2c(c1)C(=Nc1ccc(-c3ccc(N=C4c5cccnc5-c5ncccc54)cc3)cc1)c1cccnc1-2. The van der Waals surface area contributed by atoms with Crippen molar-refractivity contribution in [2.24, 2.45) is 9.98 Å². The second kappa shape index (κ2) is 8.99. The van der Waals surface area contributed by atoms with Gasteiger partial charge in [0.25, 0.3) is 0 Å². The van der Waals surface area contributed by atoms with Gasteiger partial charge in [-0.1, -0.05) is 24.3 Å². The van der Waals surface area contributed by atoms with Gasteiger partial charge in [-0.25, -0.2) is 9.98 Å². The number of rotatable bonds is 3. The van der Waals surface area contributed by atoms with Gasteiger partial charge < -0.3 is 0 Å². The molecule has 2 aliphatic carbocycles. The van der Waals surface area contributed by atoms with Crippen molar-refractivity contribution >= 4 is 22.8 Å². The van der Waals surface area contributed by atoms with E-state index in [9.17, 15) is 0 Å². The lowest BCUT2D eigenvalue weighted by Crippen LogP contribution is -1.97. The predicted molar refractivity (Wildman–Crippen MR) is 157 cm³/mol. The molecular weight excluding hydrogens is 492 g/mol. The van der Waals surface area contributed by atoms with Crippen molar-refractivity contribution in [1.82, 2.24) is 19.9 Å². The number of nitrogens with zero attached hydrogens (tertiary/aromatic N) is 6. The zero-order chi connectivity index (χ0) is 26.5. The van der Waals surface area contributed by atoms with E-state index in [1.54, 1.807) is 24.8 Å². The molecule has 0 N–H and O–H groups in total. The van der Waals surface area contributed by atoms with Gasteiger partial charge in [-0.3, -0.25) is 19.9 Å². The molecule has 0 unspecified atom stereocenters. The maximum atomic E-state index is 4.99. The molecule has 0 radical (unpaired) electrons. The molecule has 2 aromatic carbocycles. The van der Waals surface area contributed by atoms with Crippen molar-refractivity contribution in [1.29, 1.82) is 0 Å². The van der Waals surface area contributed by atoms with Crippen molar-refractivity contribution in [3.63, 3.8) is 0 Å². The Bertz CT molecular complexity index is 1750. The Kier molecular flexibility index (Phi) is 5.03. The summed E-state index contributed by atoms with van der Waals surface area (Å²) in [6.45, 7) is 0. The lowest BCUT2D eigenvalue weighted by molar-refractivity contribution is 1.26. The number of hydrogen-bond donors (Lipinski definition) is 0. The summed E-state index contributed by atoms with van der Waals surface area (Å²) in [5.74, 6) is 0. The minimum atomic E-state index is 0.883. The van der Waals surface area contributed by atoms with Crippen molar-refractivity contribution in [2.75, 3.05) is 0 Å². The Balaban J connectivity index is 1.09. The average Bonchev–Trinajstić information content (AvgIpc) is 3.51. The number of benzene rings is 2. The minimum Gasteiger partial charge on any atom is -0.254 e. The summed E-state index contributed by atoms with van der Waals surface area (Å²) >= 11 is 0. The van der Waals surface area contributed by atoms with Gasteiger partial charge >= 0.3 is 0 Å². The molecule has 0 aliphatic heterocycles. The van der Waals surface area contributed by atoms with Gasteiger partial charge in [0, 0.05) is 47.0 Å². The van der Waals surface area contributed by atoms with Crippen LogP contribution in [0.25, 0.3) is 33.9 Å². The van der Waals surface area contributed by atoms with Crippen LogP contribution in [0.4, 0.5) is 11.4 Å². The summed E-state index contributed by atoms with van der Waals surface area (Å²) in [6.07, 6.45) is 7.19. The van der Waals surface area contributed by atoms with E-state index in [-0.39, 0.29) is 0 Å². The molecule has 186 valence electrons. The predicted octanol–water partition coefficient (Wildman–Crippen LogP) is 7.23. The van der Waals surface area contributed by atoms with Crippen LogP contribution in [0, 0.1) is 0 Å². The number of pyridine rings is 4. The topological polar surface area (TPSA) is 76.3 Å². The number of aromatic nitrogens is 4. The van der Waals surface area contributed by atoms with Gasteiger partial charge in [0.1, 0.15) is 0 Å². The Morgan fingerprint density at radius 1 is 0.350 bits per heavy atom. The van der Waals surface area contributed by atoms with Crippen LogP contribution in [0.15, 0.2) is 132 Å². The van der Waals surface area contributed by atoms with E-state index in [0.717, 1.165) is 79.0 Å². The first-order chi connectivity index (χ1) is 19.8. The molecular formula is C34H20N6. The fourth-order valence-corrected chi connectivity index (χ4v) is 5.39. The first kappa shape index (κ1) is 22.4. The molecule has 0 spiro atoms. The third kappa shape index (κ3) is 3.58. The van der Waals surface area contributed by atoms with E-state index >= 15 is 0 Å². The first-order valence-corrected chi connectivity index (χ1v) is 13.0. The molecule has 0 amide bonds. The Morgan fingerprint density at radius 3 is 0.950 bits per heavy atom. The molecule has 0 saturated heterocycles. The van der Waals surface area contributed by atoms with Crippen LogP contribution >= 0.6 is 0 Å². The number of fused-ring (bicyclic) bond motifs is 6. The minimum absolute atomic E-state index is 0.883. The lowest BCUT2D eigenvalue weighted by atomic mass is 10.0. The molecule has 6 heteroatoms. The Morgan fingerprint density at radius 2 is 0.650 bits per heavy atom. The quantitative estimate of drug-likeness (QED) is 0.250. The van der Waals surface area contributed by atoms with Gasteiger partial charge in [0.15, 0.2) is 0 Å². The molecule has 0 bridgehead atoms. The summed E-state index contributed by atoms with van der Waals surface area (Å²) in [5, 5.41) is 0.